The van der Waals surface area contributed by atoms with Crippen molar-refractivity contribution in [2.24, 2.45) is 0 Å². The van der Waals surface area contributed by atoms with Crippen molar-refractivity contribution in [3.8, 4) is 11.5 Å². The van der Waals surface area contributed by atoms with E-state index in [0.717, 1.165) is 45.6 Å². The van der Waals surface area contributed by atoms with Crippen molar-refractivity contribution < 1.29 is 14.3 Å². The monoisotopic (exact) mass is 475 g/mol. The van der Waals surface area contributed by atoms with Crippen molar-refractivity contribution in [2.75, 3.05) is 20.8 Å². The van der Waals surface area contributed by atoms with E-state index in [1.165, 1.54) is 5.56 Å². The number of hydrogen-bond donors (Lipinski definition) is 2. The smallest absolute Gasteiger partial charge is 0.318 e. The van der Waals surface area contributed by atoms with Gasteiger partial charge < -0.3 is 24.7 Å². The van der Waals surface area contributed by atoms with Crippen LogP contribution in [0.5, 0.6) is 11.5 Å². The molecule has 1 aromatic heterocycles. The molecular weight excluding hydrogens is 450 g/mol. The number of nitrogens with one attached hydrogen (secondary N) is 2. The zero-order chi connectivity index (χ0) is 23.7. The second-order valence-electron chi connectivity index (χ2n) is 8.34. The molecule has 1 aliphatic rings. The number of nitrogens with zero attached hydrogens (tertiary/aromatic N) is 1. The number of carbonyl (C=O) groups excluding carboxylic acids is 1. The Kier molecular flexibility index (Phi) is 6.07. The van der Waals surface area contributed by atoms with Gasteiger partial charge in [0, 0.05) is 34.7 Å². The summed E-state index contributed by atoms with van der Waals surface area (Å²) in [6, 6.07) is 21.1. The fourth-order valence-electron chi connectivity index (χ4n) is 4.67. The zero-order valence-electron chi connectivity index (χ0n) is 19.1. The van der Waals surface area contributed by atoms with E-state index in [1.807, 2.05) is 71.6 Å². The molecule has 1 atom stereocenters. The third-order valence-corrected chi connectivity index (χ3v) is 6.59. The molecular formula is C27H26ClN3O3. The largest absolute Gasteiger partial charge is 0.497 e. The van der Waals surface area contributed by atoms with Crippen LogP contribution >= 0.6 is 11.6 Å². The van der Waals surface area contributed by atoms with Gasteiger partial charge in [0.25, 0.3) is 0 Å². The maximum Gasteiger partial charge on any atom is 0.318 e. The summed E-state index contributed by atoms with van der Waals surface area (Å²) in [5.41, 5.74) is 5.23. The molecule has 6 nitrogen and oxygen atoms in total. The van der Waals surface area contributed by atoms with Crippen molar-refractivity contribution >= 4 is 28.5 Å². The van der Waals surface area contributed by atoms with E-state index in [4.69, 9.17) is 21.1 Å². The van der Waals surface area contributed by atoms with Gasteiger partial charge in [0.15, 0.2) is 0 Å². The van der Waals surface area contributed by atoms with Crippen LogP contribution in [0.2, 0.25) is 5.02 Å². The van der Waals surface area contributed by atoms with Crippen molar-refractivity contribution in [3.05, 3.63) is 94.1 Å². The van der Waals surface area contributed by atoms with Crippen LogP contribution in [0.3, 0.4) is 0 Å². The predicted molar refractivity (Wildman–Crippen MR) is 134 cm³/mol. The number of amides is 2. The third-order valence-electron chi connectivity index (χ3n) is 6.36. The summed E-state index contributed by atoms with van der Waals surface area (Å²) in [4.78, 5) is 18.9. The first kappa shape index (κ1) is 22.2. The van der Waals surface area contributed by atoms with E-state index in [2.05, 4.69) is 10.3 Å². The maximum atomic E-state index is 13.4. The number of methoxy groups -OCH3 is 2. The van der Waals surface area contributed by atoms with Gasteiger partial charge in [0.1, 0.15) is 11.5 Å². The number of aromatic nitrogens is 1. The molecule has 2 heterocycles. The molecule has 0 aliphatic carbocycles. The molecule has 0 radical (unpaired) electrons. The SMILES string of the molecule is COc1ccc(C2c3[nH]c4ccc(Cl)cc4c3CCN2C(=O)NCc2cccc(OC)c2)cc1. The molecule has 0 bridgehead atoms. The van der Waals surface area contributed by atoms with Gasteiger partial charge in [-0.1, -0.05) is 35.9 Å². The molecule has 2 N–H and O–H groups in total. The predicted octanol–water partition coefficient (Wildman–Crippen LogP) is 5.70. The molecule has 0 fully saturated rings. The average molecular weight is 476 g/mol. The fourth-order valence-corrected chi connectivity index (χ4v) is 4.85. The van der Waals surface area contributed by atoms with Crippen LogP contribution in [0.4, 0.5) is 4.79 Å². The molecule has 3 aromatic carbocycles. The number of ether oxygens (including phenoxy) is 2. The summed E-state index contributed by atoms with van der Waals surface area (Å²) in [6.07, 6.45) is 0.745. The molecule has 1 aliphatic heterocycles. The van der Waals surface area contributed by atoms with Gasteiger partial charge in [-0.25, -0.2) is 4.79 Å². The molecule has 1 unspecified atom stereocenters. The minimum Gasteiger partial charge on any atom is -0.497 e. The first-order valence-electron chi connectivity index (χ1n) is 11.2. The molecule has 2 amide bonds. The molecule has 4 aromatic rings. The summed E-state index contributed by atoms with van der Waals surface area (Å²) in [5.74, 6) is 1.54. The number of urea groups is 1. The fraction of sp³-hybridized carbons (Fsp3) is 0.222. The van der Waals surface area contributed by atoms with Crippen LogP contribution in [0.1, 0.15) is 28.4 Å². The van der Waals surface area contributed by atoms with Gasteiger partial charge in [-0.15, -0.1) is 0 Å². The van der Waals surface area contributed by atoms with Crippen molar-refractivity contribution in [1.82, 2.24) is 15.2 Å². The number of hydrogen-bond acceptors (Lipinski definition) is 3. The van der Waals surface area contributed by atoms with Gasteiger partial charge in [-0.2, -0.15) is 0 Å². The highest BCUT2D eigenvalue weighted by Gasteiger charge is 2.34. The van der Waals surface area contributed by atoms with Crippen molar-refractivity contribution in [1.29, 1.82) is 0 Å². The van der Waals surface area contributed by atoms with Gasteiger partial charge in [0.05, 0.1) is 20.3 Å². The van der Waals surface area contributed by atoms with Crippen LogP contribution in [-0.2, 0) is 13.0 Å². The summed E-state index contributed by atoms with van der Waals surface area (Å²) in [7, 11) is 3.28. The first-order valence-corrected chi connectivity index (χ1v) is 11.6. The summed E-state index contributed by atoms with van der Waals surface area (Å²) in [5, 5.41) is 4.90. The standard InChI is InChI=1S/C27H26ClN3O3/c1-33-20-9-6-18(7-10-20)26-25-22(23-15-19(28)8-11-24(23)30-25)12-13-31(26)27(32)29-16-17-4-3-5-21(14-17)34-2/h3-11,14-15,26,30H,12-13,16H2,1-2H3,(H,29,32). The van der Waals surface area contributed by atoms with Gasteiger partial charge in [0.2, 0.25) is 0 Å². The topological polar surface area (TPSA) is 66.6 Å². The number of halogens is 1. The Morgan fingerprint density at radius 3 is 2.62 bits per heavy atom. The zero-order valence-corrected chi connectivity index (χ0v) is 19.9. The minimum atomic E-state index is -0.258. The van der Waals surface area contributed by atoms with Crippen LogP contribution in [0.25, 0.3) is 10.9 Å². The van der Waals surface area contributed by atoms with E-state index in [1.54, 1.807) is 14.2 Å². The number of rotatable bonds is 5. The highest BCUT2D eigenvalue weighted by molar-refractivity contribution is 6.31. The normalized spacial score (nSPS) is 15.1. The van der Waals surface area contributed by atoms with Crippen LogP contribution in [-0.4, -0.2) is 36.7 Å². The number of aromatic amines is 1. The summed E-state index contributed by atoms with van der Waals surface area (Å²) < 4.78 is 10.6. The number of fused-ring (bicyclic) bond motifs is 3. The summed E-state index contributed by atoms with van der Waals surface area (Å²) >= 11 is 6.29. The van der Waals surface area contributed by atoms with Crippen molar-refractivity contribution in [3.63, 3.8) is 0 Å². The Balaban J connectivity index is 1.49. The molecule has 5 rings (SSSR count). The molecule has 0 spiro atoms. The van der Waals surface area contributed by atoms with E-state index in [0.29, 0.717) is 18.1 Å². The quantitative estimate of drug-likeness (QED) is 0.389. The lowest BCUT2D eigenvalue weighted by atomic mass is 9.92. The Morgan fingerprint density at radius 1 is 1.06 bits per heavy atom. The highest BCUT2D eigenvalue weighted by Crippen LogP contribution is 2.39. The lowest BCUT2D eigenvalue weighted by Gasteiger charge is -2.36. The van der Waals surface area contributed by atoms with E-state index in [9.17, 15) is 4.79 Å². The molecule has 0 saturated carbocycles. The number of benzene rings is 3. The van der Waals surface area contributed by atoms with Gasteiger partial charge >= 0.3 is 6.03 Å². The van der Waals surface area contributed by atoms with Crippen LogP contribution in [0.15, 0.2) is 66.7 Å². The summed E-state index contributed by atoms with van der Waals surface area (Å²) in [6.45, 7) is 1.00. The second kappa shape index (κ2) is 9.31. The highest BCUT2D eigenvalue weighted by atomic mass is 35.5. The van der Waals surface area contributed by atoms with Crippen molar-refractivity contribution in [2.45, 2.75) is 19.0 Å². The lowest BCUT2D eigenvalue weighted by molar-refractivity contribution is 0.179. The number of H-pyrrole nitrogens is 1. The van der Waals surface area contributed by atoms with Crippen LogP contribution < -0.4 is 14.8 Å². The van der Waals surface area contributed by atoms with Gasteiger partial charge in [-0.3, -0.25) is 0 Å². The Hall–Kier alpha value is -3.64. The molecule has 34 heavy (non-hydrogen) atoms. The van der Waals surface area contributed by atoms with Gasteiger partial charge in [-0.05, 0) is 65.6 Å². The van der Waals surface area contributed by atoms with E-state index in [-0.39, 0.29) is 12.1 Å². The Labute approximate surface area is 203 Å². The average Bonchev–Trinajstić information content (AvgIpc) is 3.24. The molecule has 0 saturated heterocycles. The molecule has 174 valence electrons. The minimum absolute atomic E-state index is 0.119. The molecule has 7 heteroatoms. The van der Waals surface area contributed by atoms with E-state index < -0.39 is 0 Å². The number of carbonyl (C=O) groups is 1. The Morgan fingerprint density at radius 2 is 1.85 bits per heavy atom. The Bertz CT molecular complexity index is 1330. The van der Waals surface area contributed by atoms with Crippen LogP contribution in [0, 0.1) is 0 Å². The lowest BCUT2D eigenvalue weighted by Crippen LogP contribution is -2.45. The van der Waals surface area contributed by atoms with E-state index >= 15 is 0 Å². The first-order chi connectivity index (χ1) is 16.6. The maximum absolute atomic E-state index is 13.4. The second-order valence-corrected chi connectivity index (χ2v) is 8.77. The third kappa shape index (κ3) is 4.17.